The third-order valence-corrected chi connectivity index (χ3v) is 7.88. The maximum Gasteiger partial charge on any atom is 0.0746 e. The SMILES string of the molecule is NCCCCCCCC1C(O)C[C@@H](NCC2CC(O)C(CCCCCCN)C(O)C2)C1O. The molecule has 0 aromatic heterocycles. The summed E-state index contributed by atoms with van der Waals surface area (Å²) in [5, 5.41) is 45.9. The Morgan fingerprint density at radius 2 is 1.06 bits per heavy atom. The molecular weight excluding hydrogens is 406 g/mol. The number of aliphatic hydroxyl groups excluding tert-OH is 4. The van der Waals surface area contributed by atoms with Crippen LogP contribution in [0.5, 0.6) is 0 Å². The Hall–Kier alpha value is -0.280. The van der Waals surface area contributed by atoms with Gasteiger partial charge < -0.3 is 37.2 Å². The van der Waals surface area contributed by atoms with E-state index in [1.807, 2.05) is 0 Å². The highest BCUT2D eigenvalue weighted by atomic mass is 16.3. The van der Waals surface area contributed by atoms with Gasteiger partial charge in [-0.3, -0.25) is 0 Å². The molecule has 0 heterocycles. The molecule has 2 saturated carbocycles. The van der Waals surface area contributed by atoms with E-state index in [0.29, 0.717) is 25.8 Å². The van der Waals surface area contributed by atoms with Crippen LogP contribution in [0.15, 0.2) is 0 Å². The topological polar surface area (TPSA) is 145 Å². The van der Waals surface area contributed by atoms with Gasteiger partial charge in [0.1, 0.15) is 0 Å². The molecule has 2 aliphatic carbocycles. The molecule has 2 rings (SSSR count). The van der Waals surface area contributed by atoms with Crippen LogP contribution < -0.4 is 16.8 Å². The van der Waals surface area contributed by atoms with Crippen molar-refractivity contribution in [2.24, 2.45) is 29.2 Å². The van der Waals surface area contributed by atoms with Gasteiger partial charge in [0.05, 0.1) is 24.4 Å². The second kappa shape index (κ2) is 15.6. The summed E-state index contributed by atoms with van der Waals surface area (Å²) < 4.78 is 0. The van der Waals surface area contributed by atoms with Gasteiger partial charge in [-0.15, -0.1) is 0 Å². The van der Waals surface area contributed by atoms with E-state index >= 15 is 0 Å². The molecular formula is C25H51N3O4. The smallest absolute Gasteiger partial charge is 0.0746 e. The molecule has 0 aromatic rings. The second-order valence-electron chi connectivity index (χ2n) is 10.4. The minimum Gasteiger partial charge on any atom is -0.393 e. The van der Waals surface area contributed by atoms with E-state index in [9.17, 15) is 20.4 Å². The molecule has 0 bridgehead atoms. The van der Waals surface area contributed by atoms with Crippen LogP contribution in [0.4, 0.5) is 0 Å². The Labute approximate surface area is 195 Å². The minimum absolute atomic E-state index is 0.0303. The summed E-state index contributed by atoms with van der Waals surface area (Å²) in [7, 11) is 0. The van der Waals surface area contributed by atoms with Crippen molar-refractivity contribution in [2.75, 3.05) is 19.6 Å². The molecule has 5 unspecified atom stereocenters. The number of rotatable bonds is 16. The molecule has 7 nitrogen and oxygen atoms in total. The Morgan fingerprint density at radius 3 is 1.62 bits per heavy atom. The first kappa shape index (κ1) is 28.0. The molecule has 32 heavy (non-hydrogen) atoms. The number of hydrogen-bond acceptors (Lipinski definition) is 7. The van der Waals surface area contributed by atoms with Crippen LogP contribution in [0.2, 0.25) is 0 Å². The highest BCUT2D eigenvalue weighted by Gasteiger charge is 2.42. The maximum absolute atomic E-state index is 10.7. The van der Waals surface area contributed by atoms with E-state index in [4.69, 9.17) is 11.5 Å². The van der Waals surface area contributed by atoms with Gasteiger partial charge in [-0.25, -0.2) is 0 Å². The molecule has 2 aliphatic rings. The summed E-state index contributed by atoms with van der Waals surface area (Å²) in [6, 6.07) is -0.109. The number of aliphatic hydroxyl groups is 4. The molecule has 0 amide bonds. The van der Waals surface area contributed by atoms with Crippen molar-refractivity contribution in [1.29, 1.82) is 0 Å². The first-order valence-electron chi connectivity index (χ1n) is 13.3. The van der Waals surface area contributed by atoms with Gasteiger partial charge in [-0.05, 0) is 70.5 Å². The number of nitrogens with one attached hydrogen (secondary N) is 1. The van der Waals surface area contributed by atoms with Gasteiger partial charge in [-0.2, -0.15) is 0 Å². The van der Waals surface area contributed by atoms with E-state index in [1.165, 1.54) is 6.42 Å². The predicted molar refractivity (Wildman–Crippen MR) is 129 cm³/mol. The summed E-state index contributed by atoms with van der Waals surface area (Å²) >= 11 is 0. The van der Waals surface area contributed by atoms with Crippen molar-refractivity contribution in [3.8, 4) is 0 Å². The van der Waals surface area contributed by atoms with Crippen molar-refractivity contribution >= 4 is 0 Å². The lowest BCUT2D eigenvalue weighted by Gasteiger charge is -2.38. The van der Waals surface area contributed by atoms with Gasteiger partial charge in [0, 0.05) is 17.9 Å². The maximum atomic E-state index is 10.7. The largest absolute Gasteiger partial charge is 0.393 e. The van der Waals surface area contributed by atoms with Crippen molar-refractivity contribution in [2.45, 2.75) is 120 Å². The molecule has 190 valence electrons. The summed E-state index contributed by atoms with van der Waals surface area (Å²) in [5.41, 5.74) is 11.1. The molecule has 7 heteroatoms. The Morgan fingerprint density at radius 1 is 0.594 bits per heavy atom. The third kappa shape index (κ3) is 9.16. The van der Waals surface area contributed by atoms with E-state index < -0.39 is 24.4 Å². The first-order chi connectivity index (χ1) is 15.5. The molecule has 9 N–H and O–H groups in total. The van der Waals surface area contributed by atoms with E-state index in [0.717, 1.165) is 77.3 Å². The van der Waals surface area contributed by atoms with E-state index in [1.54, 1.807) is 0 Å². The summed E-state index contributed by atoms with van der Waals surface area (Å²) in [5.74, 6) is 0.102. The van der Waals surface area contributed by atoms with Gasteiger partial charge in [-0.1, -0.05) is 44.9 Å². The average Bonchev–Trinajstić information content (AvgIpc) is 3.03. The fourth-order valence-corrected chi connectivity index (χ4v) is 5.86. The lowest BCUT2D eigenvalue weighted by atomic mass is 9.75. The zero-order valence-electron chi connectivity index (χ0n) is 20.1. The van der Waals surface area contributed by atoms with Crippen LogP contribution in [0.25, 0.3) is 0 Å². The molecule has 0 spiro atoms. The monoisotopic (exact) mass is 457 g/mol. The van der Waals surface area contributed by atoms with Crippen molar-refractivity contribution in [1.82, 2.24) is 5.32 Å². The molecule has 0 aliphatic heterocycles. The van der Waals surface area contributed by atoms with Crippen LogP contribution in [0.1, 0.15) is 89.9 Å². The minimum atomic E-state index is -0.534. The summed E-state index contributed by atoms with van der Waals surface area (Å²) in [4.78, 5) is 0. The molecule has 0 radical (unpaired) electrons. The molecule has 6 atom stereocenters. The van der Waals surface area contributed by atoms with Crippen molar-refractivity contribution in [3.63, 3.8) is 0 Å². The van der Waals surface area contributed by atoms with Gasteiger partial charge in [0.25, 0.3) is 0 Å². The highest BCUT2D eigenvalue weighted by Crippen LogP contribution is 2.34. The molecule has 0 saturated heterocycles. The van der Waals surface area contributed by atoms with E-state index in [2.05, 4.69) is 5.32 Å². The standard InChI is InChI=1S/C25H51N3O4/c26-12-8-4-1-2-7-11-20-24(31)16-21(25(20)32)28-17-18-14-22(29)19(23(30)15-18)10-6-3-5-9-13-27/h18-25,28-32H,1-17,26-27H2/t18?,19?,20?,21-,22?,23?,24?,25?/m1/s1. The summed E-state index contributed by atoms with van der Waals surface area (Å²) in [6.07, 6.45) is 11.6. The Kier molecular flexibility index (Phi) is 13.6. The number of unbranched alkanes of at least 4 members (excludes halogenated alkanes) is 7. The fraction of sp³-hybridized carbons (Fsp3) is 1.00. The third-order valence-electron chi connectivity index (χ3n) is 7.88. The number of nitrogens with two attached hydrogens (primary N) is 2. The average molecular weight is 458 g/mol. The molecule has 2 fully saturated rings. The summed E-state index contributed by atoms with van der Waals surface area (Å²) in [6.45, 7) is 2.14. The fourth-order valence-electron chi connectivity index (χ4n) is 5.86. The zero-order valence-corrected chi connectivity index (χ0v) is 20.1. The lowest BCUT2D eigenvalue weighted by molar-refractivity contribution is -0.0494. The van der Waals surface area contributed by atoms with Crippen molar-refractivity contribution in [3.05, 3.63) is 0 Å². The van der Waals surface area contributed by atoms with Gasteiger partial charge in [0.15, 0.2) is 0 Å². The van der Waals surface area contributed by atoms with Crippen LogP contribution in [-0.2, 0) is 0 Å². The van der Waals surface area contributed by atoms with E-state index in [-0.39, 0.29) is 23.8 Å². The number of hydrogen-bond donors (Lipinski definition) is 7. The Bertz CT molecular complexity index is 472. The Balaban J connectivity index is 1.66. The van der Waals surface area contributed by atoms with Crippen LogP contribution in [0.3, 0.4) is 0 Å². The lowest BCUT2D eigenvalue weighted by Crippen LogP contribution is -2.46. The quantitative estimate of drug-likeness (QED) is 0.174. The first-order valence-corrected chi connectivity index (χ1v) is 13.3. The second-order valence-corrected chi connectivity index (χ2v) is 10.4. The highest BCUT2D eigenvalue weighted by molar-refractivity contribution is 4.96. The normalized spacial score (nSPS) is 35.4. The van der Waals surface area contributed by atoms with Crippen LogP contribution in [0, 0.1) is 17.8 Å². The van der Waals surface area contributed by atoms with Crippen LogP contribution in [-0.4, -0.2) is 70.5 Å². The van der Waals surface area contributed by atoms with Crippen LogP contribution >= 0.6 is 0 Å². The van der Waals surface area contributed by atoms with Crippen molar-refractivity contribution < 1.29 is 20.4 Å². The van der Waals surface area contributed by atoms with Gasteiger partial charge >= 0.3 is 0 Å². The van der Waals surface area contributed by atoms with Gasteiger partial charge in [0.2, 0.25) is 0 Å². The zero-order chi connectivity index (χ0) is 23.3. The molecule has 0 aromatic carbocycles. The predicted octanol–water partition coefficient (Wildman–Crippen LogP) is 1.64.